The van der Waals surface area contributed by atoms with Crippen molar-refractivity contribution < 1.29 is 9.72 Å². The van der Waals surface area contributed by atoms with Gasteiger partial charge in [0.25, 0.3) is 5.91 Å². The number of alkyl halides is 1. The van der Waals surface area contributed by atoms with Crippen molar-refractivity contribution in [2.45, 2.75) is 18.2 Å². The van der Waals surface area contributed by atoms with Crippen LogP contribution in [0, 0.1) is 16.0 Å². The number of piperidine rings is 1. The fourth-order valence-electron chi connectivity index (χ4n) is 1.90. The molecule has 2 atom stereocenters. The molecule has 2 rings (SSSR count). The van der Waals surface area contributed by atoms with E-state index in [1.165, 1.54) is 12.1 Å². The van der Waals surface area contributed by atoms with Crippen LogP contribution in [0.15, 0.2) is 12.1 Å². The van der Waals surface area contributed by atoms with Gasteiger partial charge in [-0.3, -0.25) is 14.9 Å². The van der Waals surface area contributed by atoms with Crippen molar-refractivity contribution in [3.05, 3.63) is 27.1 Å². The van der Waals surface area contributed by atoms with Crippen LogP contribution in [0.5, 0.6) is 0 Å². The van der Waals surface area contributed by atoms with Gasteiger partial charge in [0.1, 0.15) is 0 Å². The molecule has 2 unspecified atom stereocenters. The minimum Gasteiger partial charge on any atom is -0.337 e. The van der Waals surface area contributed by atoms with E-state index in [1.54, 1.807) is 4.90 Å². The van der Waals surface area contributed by atoms with Crippen LogP contribution in [0.3, 0.4) is 0 Å². The Bertz CT molecular complexity index is 477. The van der Waals surface area contributed by atoms with Crippen molar-refractivity contribution in [3.8, 4) is 0 Å². The summed E-state index contributed by atoms with van der Waals surface area (Å²) in [7, 11) is 0. The zero-order valence-electron chi connectivity index (χ0n) is 9.84. The van der Waals surface area contributed by atoms with E-state index in [0.29, 0.717) is 28.7 Å². The normalized spacial score (nSPS) is 24.0. The van der Waals surface area contributed by atoms with E-state index in [2.05, 4.69) is 22.9 Å². The van der Waals surface area contributed by atoms with Gasteiger partial charge in [0.2, 0.25) is 0 Å². The van der Waals surface area contributed by atoms with Gasteiger partial charge in [0, 0.05) is 24.0 Å². The molecule has 1 aliphatic heterocycles. The molecule has 0 radical (unpaired) electrons. The Hall–Kier alpha value is -0.950. The van der Waals surface area contributed by atoms with E-state index in [-0.39, 0.29) is 10.9 Å². The predicted octanol–water partition coefficient (Wildman–Crippen LogP) is 2.90. The third-order valence-electron chi connectivity index (χ3n) is 3.14. The molecule has 0 aromatic carbocycles. The second kappa shape index (κ2) is 5.36. The molecule has 0 aliphatic carbocycles. The average Bonchev–Trinajstić information content (AvgIpc) is 2.81. The van der Waals surface area contributed by atoms with Crippen molar-refractivity contribution in [1.29, 1.82) is 0 Å². The largest absolute Gasteiger partial charge is 0.337 e. The monoisotopic (exact) mass is 332 g/mol. The molecule has 0 spiro atoms. The number of nitrogens with zero attached hydrogens (tertiary/aromatic N) is 2. The Labute approximate surface area is 117 Å². The van der Waals surface area contributed by atoms with Crippen molar-refractivity contribution in [1.82, 2.24) is 4.90 Å². The summed E-state index contributed by atoms with van der Waals surface area (Å²) in [6.45, 7) is 3.52. The van der Waals surface area contributed by atoms with Crippen molar-refractivity contribution in [3.63, 3.8) is 0 Å². The van der Waals surface area contributed by atoms with Gasteiger partial charge in [0.05, 0.1) is 9.80 Å². The minimum absolute atomic E-state index is 0.0131. The molecule has 0 N–H and O–H groups in total. The van der Waals surface area contributed by atoms with Crippen LogP contribution >= 0.6 is 27.3 Å². The molecule has 5 nitrogen and oxygen atoms in total. The highest BCUT2D eigenvalue weighted by Gasteiger charge is 2.28. The van der Waals surface area contributed by atoms with Crippen molar-refractivity contribution in [2.75, 3.05) is 13.1 Å². The number of nitro groups is 1. The van der Waals surface area contributed by atoms with Crippen LogP contribution in [-0.4, -0.2) is 33.6 Å². The standard InChI is InChI=1S/C11H13BrN2O3S/c1-7-4-5-13(6-8(7)12)11(15)9-2-3-10(18-9)14(16)17/h2-3,7-8H,4-6H2,1H3. The topological polar surface area (TPSA) is 63.5 Å². The van der Waals surface area contributed by atoms with Crippen LogP contribution in [0.4, 0.5) is 5.00 Å². The lowest BCUT2D eigenvalue weighted by Crippen LogP contribution is -2.43. The lowest BCUT2D eigenvalue weighted by molar-refractivity contribution is -0.380. The molecule has 0 saturated carbocycles. The van der Waals surface area contributed by atoms with Crippen LogP contribution in [0.1, 0.15) is 23.0 Å². The molecule has 1 saturated heterocycles. The molecule has 1 aromatic rings. The molecule has 7 heteroatoms. The Morgan fingerprint density at radius 1 is 1.61 bits per heavy atom. The summed E-state index contributed by atoms with van der Waals surface area (Å²) in [4.78, 5) is 24.8. The third-order valence-corrected chi connectivity index (χ3v) is 5.35. The van der Waals surface area contributed by atoms with Crippen molar-refractivity contribution in [2.24, 2.45) is 5.92 Å². The number of thiophene rings is 1. The quantitative estimate of drug-likeness (QED) is 0.475. The van der Waals surface area contributed by atoms with Gasteiger partial charge < -0.3 is 4.90 Å². The Morgan fingerprint density at radius 2 is 2.33 bits per heavy atom. The lowest BCUT2D eigenvalue weighted by Gasteiger charge is -2.33. The van der Waals surface area contributed by atoms with Crippen LogP contribution in [0.25, 0.3) is 0 Å². The highest BCUT2D eigenvalue weighted by molar-refractivity contribution is 9.09. The third kappa shape index (κ3) is 2.72. The zero-order chi connectivity index (χ0) is 13.3. The number of carbonyl (C=O) groups is 1. The number of hydrogen-bond donors (Lipinski definition) is 0. The number of hydrogen-bond acceptors (Lipinski definition) is 4. The van der Waals surface area contributed by atoms with Gasteiger partial charge >= 0.3 is 5.00 Å². The SMILES string of the molecule is CC1CCN(C(=O)c2ccc([N+](=O)[O-])s2)CC1Br. The molecular weight excluding hydrogens is 320 g/mol. The summed E-state index contributed by atoms with van der Waals surface area (Å²) < 4.78 is 0. The van der Waals surface area contributed by atoms with E-state index in [1.807, 2.05) is 0 Å². The van der Waals surface area contributed by atoms with E-state index in [9.17, 15) is 14.9 Å². The zero-order valence-corrected chi connectivity index (χ0v) is 12.2. The summed E-state index contributed by atoms with van der Waals surface area (Å²) in [5.74, 6) is 0.441. The fraction of sp³-hybridized carbons (Fsp3) is 0.545. The number of amides is 1. The van der Waals surface area contributed by atoms with Gasteiger partial charge in [0.15, 0.2) is 0 Å². The molecule has 18 heavy (non-hydrogen) atoms. The summed E-state index contributed by atoms with van der Waals surface area (Å²) in [6.07, 6.45) is 0.953. The Balaban J connectivity index is 2.09. The van der Waals surface area contributed by atoms with Gasteiger partial charge in [-0.1, -0.05) is 34.2 Å². The van der Waals surface area contributed by atoms with Gasteiger partial charge in [-0.25, -0.2) is 0 Å². The summed E-state index contributed by atoms with van der Waals surface area (Å²) >= 11 is 4.50. The maximum absolute atomic E-state index is 12.2. The lowest BCUT2D eigenvalue weighted by atomic mass is 9.99. The Kier molecular flexibility index (Phi) is 4.01. The highest BCUT2D eigenvalue weighted by Crippen LogP contribution is 2.28. The molecule has 1 aromatic heterocycles. The van der Waals surface area contributed by atoms with Gasteiger partial charge in [-0.2, -0.15) is 0 Å². The molecule has 1 fully saturated rings. The van der Waals surface area contributed by atoms with Crippen molar-refractivity contribution >= 4 is 38.2 Å². The Morgan fingerprint density at radius 3 is 2.89 bits per heavy atom. The van der Waals surface area contributed by atoms with Crippen LogP contribution < -0.4 is 0 Å². The number of carbonyl (C=O) groups excluding carboxylic acids is 1. The van der Waals surface area contributed by atoms with Gasteiger partial charge in [-0.15, -0.1) is 0 Å². The van der Waals surface area contributed by atoms with Gasteiger partial charge in [-0.05, 0) is 18.4 Å². The maximum Gasteiger partial charge on any atom is 0.324 e. The second-order valence-electron chi connectivity index (χ2n) is 4.43. The first-order chi connectivity index (χ1) is 8.49. The maximum atomic E-state index is 12.2. The first kappa shape index (κ1) is 13.5. The second-order valence-corrected chi connectivity index (χ2v) is 6.67. The number of likely N-dealkylation sites (tertiary alicyclic amines) is 1. The highest BCUT2D eigenvalue weighted by atomic mass is 79.9. The fourth-order valence-corrected chi connectivity index (χ4v) is 3.31. The van der Waals surface area contributed by atoms with E-state index < -0.39 is 4.92 Å². The number of halogens is 1. The molecule has 1 aliphatic rings. The summed E-state index contributed by atoms with van der Waals surface area (Å²) in [5.41, 5.74) is 0. The van der Waals surface area contributed by atoms with E-state index >= 15 is 0 Å². The van der Waals surface area contributed by atoms with Crippen LogP contribution in [0.2, 0.25) is 0 Å². The molecular formula is C11H13BrN2O3S. The first-order valence-corrected chi connectivity index (χ1v) is 7.40. The molecule has 1 amide bonds. The number of rotatable bonds is 2. The predicted molar refractivity (Wildman–Crippen MR) is 73.4 cm³/mol. The molecule has 0 bridgehead atoms. The molecule has 2 heterocycles. The smallest absolute Gasteiger partial charge is 0.324 e. The molecule has 98 valence electrons. The summed E-state index contributed by atoms with van der Waals surface area (Å²) in [5, 5.41) is 10.6. The van der Waals surface area contributed by atoms with E-state index in [0.717, 1.165) is 17.8 Å². The average molecular weight is 333 g/mol. The first-order valence-electron chi connectivity index (χ1n) is 5.66. The minimum atomic E-state index is -0.465. The van der Waals surface area contributed by atoms with Crippen LogP contribution in [-0.2, 0) is 0 Å². The van der Waals surface area contributed by atoms with E-state index in [4.69, 9.17) is 0 Å². The summed E-state index contributed by atoms with van der Waals surface area (Å²) in [6, 6.07) is 2.92.